The molecule has 0 saturated carbocycles. The minimum Gasteiger partial charge on any atom is -0.461 e. The third-order valence-electron chi connectivity index (χ3n) is 2.26. The topological polar surface area (TPSA) is 13.1 Å². The Morgan fingerprint density at radius 2 is 1.73 bits per heavy atom. The third kappa shape index (κ3) is 2.62. The molecule has 1 aromatic carbocycles. The SMILES string of the molecule is CC.Cc1ccc2oc(C(C)C)cc2c1. The highest BCUT2D eigenvalue weighted by molar-refractivity contribution is 5.78. The summed E-state index contributed by atoms with van der Waals surface area (Å²) < 4.78 is 5.68. The van der Waals surface area contributed by atoms with Crippen molar-refractivity contribution in [1.82, 2.24) is 0 Å². The van der Waals surface area contributed by atoms with Crippen LogP contribution in [0.4, 0.5) is 0 Å². The summed E-state index contributed by atoms with van der Waals surface area (Å²) in [5.41, 5.74) is 2.28. The molecule has 0 spiro atoms. The van der Waals surface area contributed by atoms with Gasteiger partial charge in [-0.3, -0.25) is 0 Å². The smallest absolute Gasteiger partial charge is 0.134 e. The Morgan fingerprint density at radius 1 is 1.07 bits per heavy atom. The molecule has 0 amide bonds. The fourth-order valence-corrected chi connectivity index (χ4v) is 1.47. The van der Waals surface area contributed by atoms with Crippen LogP contribution in [0.25, 0.3) is 11.0 Å². The monoisotopic (exact) mass is 204 g/mol. The van der Waals surface area contributed by atoms with E-state index in [1.807, 2.05) is 19.9 Å². The van der Waals surface area contributed by atoms with E-state index in [1.54, 1.807) is 0 Å². The van der Waals surface area contributed by atoms with Crippen molar-refractivity contribution in [2.24, 2.45) is 0 Å². The second kappa shape index (κ2) is 5.01. The summed E-state index contributed by atoms with van der Waals surface area (Å²) in [5.74, 6) is 1.54. The predicted octanol–water partition coefficient (Wildman–Crippen LogP) is 4.89. The van der Waals surface area contributed by atoms with Gasteiger partial charge in [0, 0.05) is 11.3 Å². The zero-order valence-corrected chi connectivity index (χ0v) is 10.3. The van der Waals surface area contributed by atoms with E-state index in [1.165, 1.54) is 10.9 Å². The van der Waals surface area contributed by atoms with Crippen LogP contribution >= 0.6 is 0 Å². The Labute approximate surface area is 92.1 Å². The van der Waals surface area contributed by atoms with E-state index >= 15 is 0 Å². The van der Waals surface area contributed by atoms with Gasteiger partial charge in [-0.15, -0.1) is 0 Å². The third-order valence-corrected chi connectivity index (χ3v) is 2.26. The van der Waals surface area contributed by atoms with Crippen molar-refractivity contribution in [2.75, 3.05) is 0 Å². The van der Waals surface area contributed by atoms with Gasteiger partial charge in [0.05, 0.1) is 0 Å². The van der Waals surface area contributed by atoms with Crippen molar-refractivity contribution in [2.45, 2.75) is 40.5 Å². The highest BCUT2D eigenvalue weighted by atomic mass is 16.3. The Balaban J connectivity index is 0.000000531. The van der Waals surface area contributed by atoms with Crippen LogP contribution in [0.3, 0.4) is 0 Å². The summed E-state index contributed by atoms with van der Waals surface area (Å²) in [4.78, 5) is 0. The van der Waals surface area contributed by atoms with E-state index in [9.17, 15) is 0 Å². The fourth-order valence-electron chi connectivity index (χ4n) is 1.47. The van der Waals surface area contributed by atoms with E-state index < -0.39 is 0 Å². The highest BCUT2D eigenvalue weighted by Crippen LogP contribution is 2.25. The van der Waals surface area contributed by atoms with Crippen molar-refractivity contribution in [3.05, 3.63) is 35.6 Å². The molecule has 15 heavy (non-hydrogen) atoms. The van der Waals surface area contributed by atoms with Crippen LogP contribution in [-0.2, 0) is 0 Å². The average Bonchev–Trinajstić information content (AvgIpc) is 2.63. The summed E-state index contributed by atoms with van der Waals surface area (Å²) >= 11 is 0. The van der Waals surface area contributed by atoms with Crippen LogP contribution in [0.2, 0.25) is 0 Å². The molecular weight excluding hydrogens is 184 g/mol. The largest absolute Gasteiger partial charge is 0.461 e. The molecule has 1 aromatic heterocycles. The maximum absolute atomic E-state index is 5.68. The molecule has 0 aliphatic heterocycles. The summed E-state index contributed by atoms with van der Waals surface area (Å²) in [7, 11) is 0. The van der Waals surface area contributed by atoms with E-state index in [0.717, 1.165) is 11.3 Å². The summed E-state index contributed by atoms with van der Waals surface area (Å²) in [6.45, 7) is 10.4. The van der Waals surface area contributed by atoms with Crippen molar-refractivity contribution in [1.29, 1.82) is 0 Å². The zero-order chi connectivity index (χ0) is 11.4. The molecule has 1 nitrogen and oxygen atoms in total. The molecule has 1 heteroatoms. The molecule has 82 valence electrons. The molecule has 1 heterocycles. The molecule has 0 aliphatic rings. The van der Waals surface area contributed by atoms with Gasteiger partial charge in [-0.1, -0.05) is 39.3 Å². The van der Waals surface area contributed by atoms with E-state index in [4.69, 9.17) is 4.42 Å². The van der Waals surface area contributed by atoms with Gasteiger partial charge in [0.2, 0.25) is 0 Å². The molecular formula is C14H20O. The number of hydrogen-bond donors (Lipinski definition) is 0. The quantitative estimate of drug-likeness (QED) is 0.644. The highest BCUT2D eigenvalue weighted by Gasteiger charge is 2.06. The lowest BCUT2D eigenvalue weighted by Crippen LogP contribution is -1.79. The number of rotatable bonds is 1. The van der Waals surface area contributed by atoms with E-state index in [0.29, 0.717) is 5.92 Å². The fraction of sp³-hybridized carbons (Fsp3) is 0.429. The molecule has 0 saturated heterocycles. The Morgan fingerprint density at radius 3 is 2.33 bits per heavy atom. The molecule has 0 fully saturated rings. The zero-order valence-electron chi connectivity index (χ0n) is 10.3. The van der Waals surface area contributed by atoms with Crippen molar-refractivity contribution in [3.8, 4) is 0 Å². The minimum absolute atomic E-state index is 0.465. The van der Waals surface area contributed by atoms with Gasteiger partial charge in [-0.2, -0.15) is 0 Å². The molecule has 2 rings (SSSR count). The van der Waals surface area contributed by atoms with Gasteiger partial charge < -0.3 is 4.42 Å². The first-order valence-corrected chi connectivity index (χ1v) is 5.67. The summed E-state index contributed by atoms with van der Waals surface area (Å²) in [6, 6.07) is 8.41. The van der Waals surface area contributed by atoms with Crippen molar-refractivity contribution < 1.29 is 4.42 Å². The number of benzene rings is 1. The van der Waals surface area contributed by atoms with Gasteiger partial charge in [0.25, 0.3) is 0 Å². The second-order valence-electron chi connectivity index (χ2n) is 3.84. The normalized spacial score (nSPS) is 10.3. The predicted molar refractivity (Wildman–Crippen MR) is 66.4 cm³/mol. The van der Waals surface area contributed by atoms with Crippen molar-refractivity contribution in [3.63, 3.8) is 0 Å². The van der Waals surface area contributed by atoms with Gasteiger partial charge >= 0.3 is 0 Å². The van der Waals surface area contributed by atoms with Gasteiger partial charge in [0.15, 0.2) is 0 Å². The lowest BCUT2D eigenvalue weighted by molar-refractivity contribution is 0.522. The number of hydrogen-bond acceptors (Lipinski definition) is 1. The van der Waals surface area contributed by atoms with E-state index in [-0.39, 0.29) is 0 Å². The Bertz CT molecular complexity index is 424. The maximum atomic E-state index is 5.68. The van der Waals surface area contributed by atoms with Crippen LogP contribution < -0.4 is 0 Å². The molecule has 2 aromatic rings. The van der Waals surface area contributed by atoms with Crippen LogP contribution in [-0.4, -0.2) is 0 Å². The molecule has 0 N–H and O–H groups in total. The Hall–Kier alpha value is -1.24. The lowest BCUT2D eigenvalue weighted by Gasteiger charge is -1.95. The van der Waals surface area contributed by atoms with Gasteiger partial charge in [-0.05, 0) is 25.1 Å². The Kier molecular flexibility index (Phi) is 3.96. The standard InChI is InChI=1S/C12H14O.C2H6/c1-8(2)12-7-10-6-9(3)4-5-11(10)13-12;1-2/h4-8H,1-3H3;1-2H3. The first-order chi connectivity index (χ1) is 7.16. The average molecular weight is 204 g/mol. The van der Waals surface area contributed by atoms with Crippen LogP contribution in [0.1, 0.15) is 44.9 Å². The summed E-state index contributed by atoms with van der Waals surface area (Å²) in [5, 5.41) is 1.21. The lowest BCUT2D eigenvalue weighted by atomic mass is 10.1. The van der Waals surface area contributed by atoms with E-state index in [2.05, 4.69) is 39.0 Å². The summed E-state index contributed by atoms with van der Waals surface area (Å²) in [6.07, 6.45) is 0. The molecule has 0 radical (unpaired) electrons. The number of furan rings is 1. The molecule has 0 unspecified atom stereocenters. The van der Waals surface area contributed by atoms with Crippen LogP contribution in [0.5, 0.6) is 0 Å². The number of aryl methyl sites for hydroxylation is 1. The maximum Gasteiger partial charge on any atom is 0.134 e. The molecule has 0 atom stereocenters. The first kappa shape index (κ1) is 11.8. The van der Waals surface area contributed by atoms with Crippen LogP contribution in [0, 0.1) is 6.92 Å². The van der Waals surface area contributed by atoms with Gasteiger partial charge in [0.1, 0.15) is 11.3 Å². The second-order valence-corrected chi connectivity index (χ2v) is 3.84. The van der Waals surface area contributed by atoms with Crippen LogP contribution in [0.15, 0.2) is 28.7 Å². The van der Waals surface area contributed by atoms with Crippen molar-refractivity contribution >= 4 is 11.0 Å². The van der Waals surface area contributed by atoms with Gasteiger partial charge in [-0.25, -0.2) is 0 Å². The molecule has 0 bridgehead atoms. The number of fused-ring (bicyclic) bond motifs is 1. The minimum atomic E-state index is 0.465. The molecule has 0 aliphatic carbocycles. The first-order valence-electron chi connectivity index (χ1n) is 5.67.